The van der Waals surface area contributed by atoms with E-state index in [1.807, 2.05) is 36.4 Å². The normalized spacial score (nSPS) is 18.5. The fourth-order valence-electron chi connectivity index (χ4n) is 4.35. The predicted molar refractivity (Wildman–Crippen MR) is 109 cm³/mol. The van der Waals surface area contributed by atoms with Crippen LogP contribution in [-0.2, 0) is 21.5 Å². The molecule has 2 fully saturated rings. The molecule has 1 aliphatic carbocycles. The van der Waals surface area contributed by atoms with Gasteiger partial charge in [0.1, 0.15) is 5.82 Å². The number of carbonyl (C=O) groups excluding carboxylic acids is 2. The summed E-state index contributed by atoms with van der Waals surface area (Å²) in [6.07, 6.45) is 6.94. The van der Waals surface area contributed by atoms with Crippen molar-refractivity contribution in [3.63, 3.8) is 0 Å². The molecule has 2 aliphatic rings. The first-order chi connectivity index (χ1) is 13.6. The van der Waals surface area contributed by atoms with Crippen LogP contribution in [0.25, 0.3) is 0 Å². The molecule has 0 radical (unpaired) electrons. The van der Waals surface area contributed by atoms with Crippen molar-refractivity contribution < 1.29 is 9.59 Å². The highest BCUT2D eigenvalue weighted by Crippen LogP contribution is 2.41. The van der Waals surface area contributed by atoms with Gasteiger partial charge < -0.3 is 5.32 Å². The zero-order valence-electron chi connectivity index (χ0n) is 15.8. The first-order valence-corrected chi connectivity index (χ1v) is 10.3. The van der Waals surface area contributed by atoms with E-state index in [4.69, 9.17) is 11.6 Å². The van der Waals surface area contributed by atoms with Gasteiger partial charge in [0.25, 0.3) is 0 Å². The number of rotatable bonds is 5. The topological polar surface area (TPSA) is 62.3 Å². The molecule has 5 nitrogen and oxygen atoms in total. The highest BCUT2D eigenvalue weighted by atomic mass is 35.5. The second-order valence-corrected chi connectivity index (χ2v) is 8.09. The number of amides is 2. The van der Waals surface area contributed by atoms with Gasteiger partial charge in [-0.05, 0) is 54.7 Å². The van der Waals surface area contributed by atoms with Gasteiger partial charge in [-0.3, -0.25) is 14.5 Å². The SMILES string of the molecule is O=C1CCCN1c1cc(CNC(=O)C2(c3ccc(Cl)cc3)CCCC2)ccn1. The van der Waals surface area contributed by atoms with E-state index in [-0.39, 0.29) is 11.8 Å². The van der Waals surface area contributed by atoms with Crippen LogP contribution in [0.4, 0.5) is 5.82 Å². The van der Waals surface area contributed by atoms with Crippen LogP contribution in [0.3, 0.4) is 0 Å². The van der Waals surface area contributed by atoms with Gasteiger partial charge in [0.05, 0.1) is 5.41 Å². The van der Waals surface area contributed by atoms with Crippen LogP contribution in [0.15, 0.2) is 42.6 Å². The molecule has 28 heavy (non-hydrogen) atoms. The smallest absolute Gasteiger partial charge is 0.230 e. The van der Waals surface area contributed by atoms with Crippen molar-refractivity contribution in [1.82, 2.24) is 10.3 Å². The summed E-state index contributed by atoms with van der Waals surface area (Å²) < 4.78 is 0. The number of anilines is 1. The molecule has 6 heteroatoms. The van der Waals surface area contributed by atoms with Crippen LogP contribution in [0.2, 0.25) is 5.02 Å². The maximum absolute atomic E-state index is 13.2. The van der Waals surface area contributed by atoms with Crippen molar-refractivity contribution in [2.24, 2.45) is 0 Å². The summed E-state index contributed by atoms with van der Waals surface area (Å²) in [4.78, 5) is 31.2. The number of hydrogen-bond acceptors (Lipinski definition) is 3. The van der Waals surface area contributed by atoms with Crippen LogP contribution in [0.1, 0.15) is 49.7 Å². The predicted octanol–water partition coefficient (Wildman–Crippen LogP) is 3.99. The molecule has 2 aromatic rings. The molecule has 0 atom stereocenters. The van der Waals surface area contributed by atoms with Gasteiger partial charge in [0.15, 0.2) is 0 Å². The molecule has 2 heterocycles. The number of hydrogen-bond donors (Lipinski definition) is 1. The van der Waals surface area contributed by atoms with Gasteiger partial charge >= 0.3 is 0 Å². The molecule has 1 saturated carbocycles. The molecule has 0 unspecified atom stereocenters. The quantitative estimate of drug-likeness (QED) is 0.829. The van der Waals surface area contributed by atoms with E-state index in [1.165, 1.54) is 0 Å². The minimum Gasteiger partial charge on any atom is -0.351 e. The third-order valence-electron chi connectivity index (χ3n) is 5.90. The van der Waals surface area contributed by atoms with Crippen molar-refractivity contribution in [3.8, 4) is 0 Å². The Labute approximate surface area is 170 Å². The Morgan fingerprint density at radius 2 is 1.89 bits per heavy atom. The third-order valence-corrected chi connectivity index (χ3v) is 6.15. The van der Waals surface area contributed by atoms with E-state index in [0.29, 0.717) is 30.4 Å². The van der Waals surface area contributed by atoms with Gasteiger partial charge in [0.2, 0.25) is 11.8 Å². The summed E-state index contributed by atoms with van der Waals surface area (Å²) in [6, 6.07) is 11.4. The molecule has 1 N–H and O–H groups in total. The molecule has 4 rings (SSSR count). The highest BCUT2D eigenvalue weighted by molar-refractivity contribution is 6.30. The summed E-state index contributed by atoms with van der Waals surface area (Å²) in [7, 11) is 0. The van der Waals surface area contributed by atoms with E-state index in [0.717, 1.165) is 43.2 Å². The second kappa shape index (κ2) is 7.92. The zero-order chi connectivity index (χ0) is 19.6. The van der Waals surface area contributed by atoms with E-state index < -0.39 is 5.41 Å². The number of nitrogens with one attached hydrogen (secondary N) is 1. The average molecular weight is 398 g/mol. The van der Waals surface area contributed by atoms with Crippen LogP contribution in [-0.4, -0.2) is 23.3 Å². The number of aromatic nitrogens is 1. The Kier molecular flexibility index (Phi) is 5.36. The average Bonchev–Trinajstić information content (AvgIpc) is 3.37. The van der Waals surface area contributed by atoms with Crippen LogP contribution >= 0.6 is 11.6 Å². The fraction of sp³-hybridized carbons (Fsp3) is 0.409. The third kappa shape index (κ3) is 3.63. The molecule has 0 bridgehead atoms. The Morgan fingerprint density at radius 3 is 2.57 bits per heavy atom. The minimum absolute atomic E-state index is 0.0583. The van der Waals surface area contributed by atoms with Crippen molar-refractivity contribution in [3.05, 3.63) is 58.7 Å². The lowest BCUT2D eigenvalue weighted by Gasteiger charge is -2.28. The van der Waals surface area contributed by atoms with Crippen molar-refractivity contribution in [2.45, 2.75) is 50.5 Å². The van der Waals surface area contributed by atoms with E-state index >= 15 is 0 Å². The van der Waals surface area contributed by atoms with E-state index in [9.17, 15) is 9.59 Å². The van der Waals surface area contributed by atoms with Crippen LogP contribution in [0.5, 0.6) is 0 Å². The highest BCUT2D eigenvalue weighted by Gasteiger charge is 2.42. The summed E-state index contributed by atoms with van der Waals surface area (Å²) >= 11 is 6.03. The number of carbonyl (C=O) groups is 2. The lowest BCUT2D eigenvalue weighted by atomic mass is 9.78. The molecular weight excluding hydrogens is 374 g/mol. The largest absolute Gasteiger partial charge is 0.351 e. The Morgan fingerprint density at radius 1 is 1.14 bits per heavy atom. The summed E-state index contributed by atoms with van der Waals surface area (Å²) in [5.74, 6) is 0.840. The van der Waals surface area contributed by atoms with E-state index in [2.05, 4.69) is 10.3 Å². The Balaban J connectivity index is 1.48. The number of benzene rings is 1. The Hall–Kier alpha value is -2.40. The lowest BCUT2D eigenvalue weighted by Crippen LogP contribution is -2.42. The van der Waals surface area contributed by atoms with Crippen LogP contribution in [0, 0.1) is 0 Å². The molecule has 2 amide bonds. The lowest BCUT2D eigenvalue weighted by molar-refractivity contribution is -0.126. The first-order valence-electron chi connectivity index (χ1n) is 9.88. The second-order valence-electron chi connectivity index (χ2n) is 7.65. The van der Waals surface area contributed by atoms with Crippen LogP contribution < -0.4 is 10.2 Å². The summed E-state index contributed by atoms with van der Waals surface area (Å²) in [5.41, 5.74) is 1.50. The summed E-state index contributed by atoms with van der Waals surface area (Å²) in [5, 5.41) is 3.80. The fourth-order valence-corrected chi connectivity index (χ4v) is 4.48. The molecular formula is C22H24ClN3O2. The number of nitrogens with zero attached hydrogens (tertiary/aromatic N) is 2. The van der Waals surface area contributed by atoms with Gasteiger partial charge in [-0.25, -0.2) is 4.98 Å². The van der Waals surface area contributed by atoms with Crippen molar-refractivity contribution in [1.29, 1.82) is 0 Å². The molecule has 0 spiro atoms. The van der Waals surface area contributed by atoms with Crippen molar-refractivity contribution in [2.75, 3.05) is 11.4 Å². The molecule has 1 aromatic heterocycles. The van der Waals surface area contributed by atoms with Gasteiger partial charge in [0, 0.05) is 30.7 Å². The molecule has 1 aliphatic heterocycles. The molecule has 1 aromatic carbocycles. The molecule has 146 valence electrons. The molecule has 1 saturated heterocycles. The van der Waals surface area contributed by atoms with Crippen molar-refractivity contribution >= 4 is 29.2 Å². The monoisotopic (exact) mass is 397 g/mol. The maximum atomic E-state index is 13.2. The van der Waals surface area contributed by atoms with Gasteiger partial charge in [-0.1, -0.05) is 36.6 Å². The van der Waals surface area contributed by atoms with Gasteiger partial charge in [-0.15, -0.1) is 0 Å². The van der Waals surface area contributed by atoms with Gasteiger partial charge in [-0.2, -0.15) is 0 Å². The minimum atomic E-state index is -0.481. The zero-order valence-corrected chi connectivity index (χ0v) is 16.5. The Bertz CT molecular complexity index is 876. The number of pyridine rings is 1. The first kappa shape index (κ1) is 18.9. The number of halogens is 1. The summed E-state index contributed by atoms with van der Waals surface area (Å²) in [6.45, 7) is 1.13. The maximum Gasteiger partial charge on any atom is 0.230 e. The van der Waals surface area contributed by atoms with E-state index in [1.54, 1.807) is 11.1 Å². The standard InChI is InChI=1S/C22H24ClN3O2/c23-18-7-5-17(6-8-18)22(10-1-2-11-22)21(28)25-15-16-9-12-24-19(14-16)26-13-3-4-20(26)27/h5-9,12,14H,1-4,10-11,13,15H2,(H,25,28).